The molecular formula is C11H12FNO2. The molecule has 1 aromatic rings. The van der Waals surface area contributed by atoms with E-state index in [-0.39, 0.29) is 24.0 Å². The number of rotatable bonds is 4. The summed E-state index contributed by atoms with van der Waals surface area (Å²) in [4.78, 5) is 0. The molecule has 0 fully saturated rings. The predicted octanol–water partition coefficient (Wildman–Crippen LogP) is 2.11. The van der Waals surface area contributed by atoms with Crippen molar-refractivity contribution in [3.63, 3.8) is 0 Å². The van der Waals surface area contributed by atoms with E-state index in [1.165, 1.54) is 12.1 Å². The van der Waals surface area contributed by atoms with Crippen LogP contribution in [0.2, 0.25) is 0 Å². The quantitative estimate of drug-likeness (QED) is 0.762. The van der Waals surface area contributed by atoms with Gasteiger partial charge in [0.15, 0.2) is 0 Å². The number of benzene rings is 1. The van der Waals surface area contributed by atoms with Crippen molar-refractivity contribution in [2.75, 3.05) is 13.7 Å². The number of hydrogen-bond donors (Lipinski definition) is 0. The van der Waals surface area contributed by atoms with Gasteiger partial charge in [0.1, 0.15) is 29.8 Å². The molecule has 4 heteroatoms. The number of nitrogens with zero attached hydrogens (tertiary/aromatic N) is 1. The number of ether oxygens (including phenoxy) is 2. The van der Waals surface area contributed by atoms with Gasteiger partial charge in [-0.15, -0.1) is 0 Å². The molecule has 1 unspecified atom stereocenters. The highest BCUT2D eigenvalue weighted by Gasteiger charge is 2.09. The van der Waals surface area contributed by atoms with Crippen molar-refractivity contribution >= 4 is 0 Å². The summed E-state index contributed by atoms with van der Waals surface area (Å²) in [6.07, 6.45) is -0.0974. The average Bonchev–Trinajstić information content (AvgIpc) is 2.25. The lowest BCUT2D eigenvalue weighted by Gasteiger charge is -2.12. The molecule has 0 spiro atoms. The lowest BCUT2D eigenvalue weighted by atomic mass is 10.2. The molecule has 0 aliphatic carbocycles. The summed E-state index contributed by atoms with van der Waals surface area (Å²) in [7, 11) is 1.56. The van der Waals surface area contributed by atoms with Crippen LogP contribution in [0.5, 0.6) is 5.75 Å². The topological polar surface area (TPSA) is 42.2 Å². The third-order valence-electron chi connectivity index (χ3n) is 1.96. The summed E-state index contributed by atoms with van der Waals surface area (Å²) in [5, 5.41) is 8.72. The maximum absolute atomic E-state index is 13.1. The summed E-state index contributed by atoms with van der Waals surface area (Å²) in [5.74, 6) is -0.318. The average molecular weight is 209 g/mol. The third-order valence-corrected chi connectivity index (χ3v) is 1.96. The second kappa shape index (κ2) is 5.32. The van der Waals surface area contributed by atoms with Crippen molar-refractivity contribution in [3.8, 4) is 11.8 Å². The van der Waals surface area contributed by atoms with Gasteiger partial charge in [-0.2, -0.15) is 5.26 Å². The maximum atomic E-state index is 13.1. The Bertz CT molecular complexity index is 373. The van der Waals surface area contributed by atoms with Crippen LogP contribution < -0.4 is 4.74 Å². The van der Waals surface area contributed by atoms with E-state index in [4.69, 9.17) is 14.7 Å². The second-order valence-corrected chi connectivity index (χ2v) is 3.08. The Balaban J connectivity index is 2.77. The van der Waals surface area contributed by atoms with Crippen molar-refractivity contribution in [1.29, 1.82) is 5.26 Å². The Morgan fingerprint density at radius 2 is 2.27 bits per heavy atom. The summed E-state index contributed by atoms with van der Waals surface area (Å²) in [6.45, 7) is 2.11. The fourth-order valence-corrected chi connectivity index (χ4v) is 1.01. The van der Waals surface area contributed by atoms with Crippen molar-refractivity contribution in [2.45, 2.75) is 13.0 Å². The summed E-state index contributed by atoms with van der Waals surface area (Å²) in [5.41, 5.74) is -0.0687. The zero-order valence-corrected chi connectivity index (χ0v) is 8.66. The first kappa shape index (κ1) is 11.5. The zero-order chi connectivity index (χ0) is 11.3. The van der Waals surface area contributed by atoms with Crippen molar-refractivity contribution in [2.24, 2.45) is 0 Å². The van der Waals surface area contributed by atoms with Gasteiger partial charge >= 0.3 is 0 Å². The number of halogens is 1. The molecule has 1 rings (SSSR count). The molecule has 80 valence electrons. The van der Waals surface area contributed by atoms with E-state index in [0.29, 0.717) is 0 Å². The van der Waals surface area contributed by atoms with Crippen LogP contribution in [-0.4, -0.2) is 19.8 Å². The molecule has 15 heavy (non-hydrogen) atoms. The Labute approximate surface area is 88.0 Å². The molecule has 0 heterocycles. The monoisotopic (exact) mass is 209 g/mol. The number of nitriles is 1. The normalized spacial score (nSPS) is 11.9. The van der Waals surface area contributed by atoms with Gasteiger partial charge in [0.25, 0.3) is 0 Å². The van der Waals surface area contributed by atoms with Crippen LogP contribution in [0.15, 0.2) is 18.2 Å². The van der Waals surface area contributed by atoms with Crippen LogP contribution in [0.4, 0.5) is 4.39 Å². The molecule has 0 amide bonds. The molecular weight excluding hydrogens is 197 g/mol. The molecule has 0 bridgehead atoms. The highest BCUT2D eigenvalue weighted by molar-refractivity contribution is 5.43. The van der Waals surface area contributed by atoms with E-state index < -0.39 is 5.82 Å². The lowest BCUT2D eigenvalue weighted by molar-refractivity contribution is 0.0714. The van der Waals surface area contributed by atoms with E-state index in [1.807, 2.05) is 6.92 Å². The minimum absolute atomic E-state index is 0.0687. The first-order chi connectivity index (χ1) is 7.19. The first-order valence-electron chi connectivity index (χ1n) is 4.53. The van der Waals surface area contributed by atoms with Crippen molar-refractivity contribution in [3.05, 3.63) is 29.6 Å². The summed E-state index contributed by atoms with van der Waals surface area (Å²) < 4.78 is 23.4. The third kappa shape index (κ3) is 2.93. The molecule has 0 aliphatic rings. The van der Waals surface area contributed by atoms with Gasteiger partial charge in [-0.25, -0.2) is 4.39 Å². The van der Waals surface area contributed by atoms with E-state index in [0.717, 1.165) is 0 Å². The first-order valence-corrected chi connectivity index (χ1v) is 4.53. The Morgan fingerprint density at radius 3 is 2.87 bits per heavy atom. The van der Waals surface area contributed by atoms with Crippen LogP contribution in [-0.2, 0) is 4.74 Å². The van der Waals surface area contributed by atoms with Crippen molar-refractivity contribution in [1.82, 2.24) is 0 Å². The summed E-state index contributed by atoms with van der Waals surface area (Å²) in [6, 6.07) is 6.05. The van der Waals surface area contributed by atoms with E-state index in [2.05, 4.69) is 0 Å². The van der Waals surface area contributed by atoms with Crippen LogP contribution in [0.3, 0.4) is 0 Å². The minimum Gasteiger partial charge on any atom is -0.489 e. The van der Waals surface area contributed by atoms with Crippen LogP contribution >= 0.6 is 0 Å². The van der Waals surface area contributed by atoms with Gasteiger partial charge in [-0.05, 0) is 19.1 Å². The van der Waals surface area contributed by atoms with E-state index >= 15 is 0 Å². The molecule has 0 aliphatic heterocycles. The van der Waals surface area contributed by atoms with Crippen LogP contribution in [0.1, 0.15) is 12.5 Å². The Kier molecular flexibility index (Phi) is 4.07. The van der Waals surface area contributed by atoms with Gasteiger partial charge in [-0.3, -0.25) is 0 Å². The fourth-order valence-electron chi connectivity index (χ4n) is 1.01. The highest BCUT2D eigenvalue weighted by Crippen LogP contribution is 2.20. The highest BCUT2D eigenvalue weighted by atomic mass is 19.1. The fraction of sp³-hybridized carbons (Fsp3) is 0.364. The van der Waals surface area contributed by atoms with E-state index in [1.54, 1.807) is 19.2 Å². The number of hydrogen-bond acceptors (Lipinski definition) is 3. The molecule has 1 aromatic carbocycles. The van der Waals surface area contributed by atoms with Gasteiger partial charge in [0.05, 0.1) is 6.10 Å². The molecule has 0 aromatic heterocycles. The largest absolute Gasteiger partial charge is 0.489 e. The van der Waals surface area contributed by atoms with Gasteiger partial charge in [0.2, 0.25) is 0 Å². The molecule has 0 radical (unpaired) electrons. The number of methoxy groups -OCH3 is 1. The molecule has 0 saturated carbocycles. The van der Waals surface area contributed by atoms with Crippen molar-refractivity contribution < 1.29 is 13.9 Å². The smallest absolute Gasteiger partial charge is 0.144 e. The van der Waals surface area contributed by atoms with E-state index in [9.17, 15) is 4.39 Å². The molecule has 3 nitrogen and oxygen atoms in total. The van der Waals surface area contributed by atoms with Crippen LogP contribution in [0.25, 0.3) is 0 Å². The maximum Gasteiger partial charge on any atom is 0.144 e. The SMILES string of the molecule is COC(C)COc1cccc(F)c1C#N. The molecule has 0 N–H and O–H groups in total. The van der Waals surface area contributed by atoms with Gasteiger partial charge < -0.3 is 9.47 Å². The molecule has 0 saturated heterocycles. The second-order valence-electron chi connectivity index (χ2n) is 3.08. The summed E-state index contributed by atoms with van der Waals surface area (Å²) >= 11 is 0. The Hall–Kier alpha value is -1.60. The molecule has 1 atom stereocenters. The Morgan fingerprint density at radius 1 is 1.53 bits per heavy atom. The van der Waals surface area contributed by atoms with Gasteiger partial charge in [0, 0.05) is 7.11 Å². The minimum atomic E-state index is -0.569. The lowest BCUT2D eigenvalue weighted by Crippen LogP contribution is -2.16. The zero-order valence-electron chi connectivity index (χ0n) is 8.66. The van der Waals surface area contributed by atoms with Crippen LogP contribution in [0, 0.1) is 17.1 Å². The predicted molar refractivity (Wildman–Crippen MR) is 53.1 cm³/mol. The standard InChI is InChI=1S/C11H12FNO2/c1-8(14-2)7-15-11-5-3-4-10(12)9(11)6-13/h3-5,8H,7H2,1-2H3. The van der Waals surface area contributed by atoms with Gasteiger partial charge in [-0.1, -0.05) is 6.07 Å².